The topological polar surface area (TPSA) is 15.8 Å². The SMILES string of the molecule is Cc1cc2c(Br)c3ccc[nH]c3cc2c1[Si](C)(C)C1c2ccccc2-c2ccccc21. The lowest BCUT2D eigenvalue weighted by Crippen LogP contribution is -2.48. The van der Waals surface area contributed by atoms with Crippen molar-refractivity contribution < 1.29 is 0 Å². The molecule has 5 aromatic rings. The number of halogens is 1. The normalized spacial score (nSPS) is 13.7. The summed E-state index contributed by atoms with van der Waals surface area (Å²) in [6.07, 6.45) is 2.02. The van der Waals surface area contributed by atoms with Gasteiger partial charge in [0, 0.05) is 27.1 Å². The number of aromatic amines is 1. The second kappa shape index (κ2) is 6.69. The van der Waals surface area contributed by atoms with Crippen molar-refractivity contribution in [3.05, 3.63) is 100 Å². The van der Waals surface area contributed by atoms with E-state index in [0.29, 0.717) is 5.54 Å². The summed E-state index contributed by atoms with van der Waals surface area (Å²) >= 11 is 3.93. The molecule has 0 bridgehead atoms. The summed E-state index contributed by atoms with van der Waals surface area (Å²) in [5, 5.41) is 5.55. The zero-order valence-electron chi connectivity index (χ0n) is 18.0. The Hall–Kier alpha value is -2.62. The van der Waals surface area contributed by atoms with Crippen molar-refractivity contribution in [2.75, 3.05) is 0 Å². The Morgan fingerprint density at radius 1 is 0.774 bits per heavy atom. The highest BCUT2D eigenvalue weighted by atomic mass is 79.9. The number of hydrogen-bond donors (Lipinski definition) is 1. The maximum absolute atomic E-state index is 3.93. The van der Waals surface area contributed by atoms with Crippen molar-refractivity contribution in [2.24, 2.45) is 0 Å². The van der Waals surface area contributed by atoms with Crippen LogP contribution in [0.4, 0.5) is 0 Å². The van der Waals surface area contributed by atoms with Gasteiger partial charge in [-0.15, -0.1) is 0 Å². The van der Waals surface area contributed by atoms with E-state index in [1.54, 1.807) is 5.19 Å². The first-order valence-corrected chi connectivity index (χ1v) is 14.7. The summed E-state index contributed by atoms with van der Waals surface area (Å²) in [5.41, 5.74) is 8.89. The number of benzene rings is 3. The van der Waals surface area contributed by atoms with E-state index in [9.17, 15) is 0 Å². The highest BCUT2D eigenvalue weighted by Crippen LogP contribution is 2.49. The third kappa shape index (κ3) is 2.60. The Balaban J connectivity index is 1.66. The van der Waals surface area contributed by atoms with Gasteiger partial charge in [-0.25, -0.2) is 0 Å². The predicted molar refractivity (Wildman–Crippen MR) is 139 cm³/mol. The lowest BCUT2D eigenvalue weighted by molar-refractivity contribution is 1.13. The molecule has 4 aromatic carbocycles. The van der Waals surface area contributed by atoms with Gasteiger partial charge in [-0.2, -0.15) is 0 Å². The molecule has 3 heteroatoms. The van der Waals surface area contributed by atoms with Crippen molar-refractivity contribution in [3.63, 3.8) is 0 Å². The Morgan fingerprint density at radius 2 is 1.42 bits per heavy atom. The molecule has 6 rings (SSSR count). The van der Waals surface area contributed by atoms with Crippen LogP contribution in [0, 0.1) is 6.92 Å². The molecule has 0 unspecified atom stereocenters. The zero-order valence-corrected chi connectivity index (χ0v) is 20.5. The molecular formula is C28H24BrNSi. The molecular weight excluding hydrogens is 458 g/mol. The molecule has 1 aromatic heterocycles. The smallest absolute Gasteiger partial charge is 0.0939 e. The number of nitrogens with one attached hydrogen (secondary N) is 1. The lowest BCUT2D eigenvalue weighted by atomic mass is 10.1. The average Bonchev–Trinajstić information content (AvgIpc) is 3.29. The first-order chi connectivity index (χ1) is 15.0. The lowest BCUT2D eigenvalue weighted by Gasteiger charge is -2.33. The zero-order chi connectivity index (χ0) is 21.3. The minimum Gasteiger partial charge on any atom is -0.361 e. The summed E-state index contributed by atoms with van der Waals surface area (Å²) < 4.78 is 1.20. The Labute approximate surface area is 192 Å². The molecule has 1 nitrogen and oxygen atoms in total. The predicted octanol–water partition coefficient (Wildman–Crippen LogP) is 7.66. The highest BCUT2D eigenvalue weighted by molar-refractivity contribution is 9.10. The molecule has 0 amide bonds. The van der Waals surface area contributed by atoms with Gasteiger partial charge in [-0.3, -0.25) is 0 Å². The van der Waals surface area contributed by atoms with Gasteiger partial charge in [0.15, 0.2) is 0 Å². The summed E-state index contributed by atoms with van der Waals surface area (Å²) in [7, 11) is -1.95. The quantitative estimate of drug-likeness (QED) is 0.249. The minimum atomic E-state index is -1.95. The molecule has 1 aliphatic carbocycles. The van der Waals surface area contributed by atoms with Crippen LogP contribution in [0.3, 0.4) is 0 Å². The van der Waals surface area contributed by atoms with Gasteiger partial charge in [0.25, 0.3) is 0 Å². The van der Waals surface area contributed by atoms with Crippen LogP contribution in [-0.4, -0.2) is 13.1 Å². The largest absolute Gasteiger partial charge is 0.361 e. The van der Waals surface area contributed by atoms with Crippen molar-refractivity contribution in [1.29, 1.82) is 0 Å². The maximum Gasteiger partial charge on any atom is 0.0939 e. The monoisotopic (exact) mass is 481 g/mol. The van der Waals surface area contributed by atoms with Gasteiger partial charge in [-0.05, 0) is 73.2 Å². The van der Waals surface area contributed by atoms with Crippen molar-refractivity contribution in [3.8, 4) is 11.1 Å². The van der Waals surface area contributed by atoms with Crippen molar-refractivity contribution >= 4 is 50.9 Å². The molecule has 1 aliphatic rings. The fourth-order valence-corrected chi connectivity index (χ4v) is 11.0. The van der Waals surface area contributed by atoms with Crippen LogP contribution in [-0.2, 0) is 0 Å². The Bertz CT molecular complexity index is 1450. The number of pyridine rings is 1. The number of rotatable bonds is 2. The van der Waals surface area contributed by atoms with E-state index in [1.165, 1.54) is 54.0 Å². The second-order valence-electron chi connectivity index (χ2n) is 9.31. The van der Waals surface area contributed by atoms with E-state index in [-0.39, 0.29) is 0 Å². The van der Waals surface area contributed by atoms with Crippen LogP contribution in [0.15, 0.2) is 83.5 Å². The summed E-state index contributed by atoms with van der Waals surface area (Å²) in [6, 6.07) is 27.1. The Kier molecular flexibility index (Phi) is 4.12. The van der Waals surface area contributed by atoms with Crippen LogP contribution in [0.2, 0.25) is 13.1 Å². The van der Waals surface area contributed by atoms with Gasteiger partial charge in [-0.1, -0.05) is 79.3 Å². The summed E-state index contributed by atoms with van der Waals surface area (Å²) in [6.45, 7) is 7.42. The summed E-state index contributed by atoms with van der Waals surface area (Å²) in [5.74, 6) is 0. The number of aromatic nitrogens is 1. The van der Waals surface area contributed by atoms with Crippen molar-refractivity contribution in [2.45, 2.75) is 25.6 Å². The third-order valence-electron chi connectivity index (χ3n) is 7.16. The second-order valence-corrected chi connectivity index (χ2v) is 14.6. The minimum absolute atomic E-state index is 0.457. The van der Waals surface area contributed by atoms with Gasteiger partial charge in [0.1, 0.15) is 0 Å². The van der Waals surface area contributed by atoms with E-state index in [0.717, 1.165) is 0 Å². The fraction of sp³-hybridized carbons (Fsp3) is 0.143. The maximum atomic E-state index is 3.93. The summed E-state index contributed by atoms with van der Waals surface area (Å²) in [4.78, 5) is 3.46. The molecule has 0 spiro atoms. The van der Waals surface area contributed by atoms with E-state index in [4.69, 9.17) is 0 Å². The van der Waals surface area contributed by atoms with Gasteiger partial charge < -0.3 is 4.98 Å². The molecule has 0 fully saturated rings. The average molecular weight is 482 g/mol. The number of H-pyrrole nitrogens is 1. The third-order valence-corrected chi connectivity index (χ3v) is 12.0. The molecule has 1 N–H and O–H groups in total. The standard InChI is InChI=1S/C28H24BrNSi/c1-17-15-23-24(16-25-22(26(23)29)13-8-14-30-25)27(17)31(2,3)28-20-11-6-4-9-18(20)19-10-5-7-12-21(19)28/h4-16,28,30H,1-3H3. The molecule has 0 saturated carbocycles. The molecule has 0 radical (unpaired) electrons. The first kappa shape index (κ1) is 19.1. The van der Waals surface area contributed by atoms with Gasteiger partial charge in [0.2, 0.25) is 0 Å². The Morgan fingerprint density at radius 3 is 2.10 bits per heavy atom. The molecule has 0 saturated heterocycles. The van der Waals surface area contributed by atoms with Crippen LogP contribution in [0.25, 0.3) is 32.8 Å². The molecule has 1 heterocycles. The number of aryl methyl sites for hydroxylation is 1. The molecule has 31 heavy (non-hydrogen) atoms. The first-order valence-electron chi connectivity index (χ1n) is 10.9. The van der Waals surface area contributed by atoms with Crippen molar-refractivity contribution in [1.82, 2.24) is 4.98 Å². The number of hydrogen-bond acceptors (Lipinski definition) is 0. The molecule has 0 atom stereocenters. The van der Waals surface area contributed by atoms with Gasteiger partial charge in [0.05, 0.1) is 8.07 Å². The molecule has 152 valence electrons. The van der Waals surface area contributed by atoms with E-state index < -0.39 is 8.07 Å². The highest BCUT2D eigenvalue weighted by Gasteiger charge is 2.43. The molecule has 0 aliphatic heterocycles. The van der Waals surface area contributed by atoms with Crippen LogP contribution in [0.5, 0.6) is 0 Å². The van der Waals surface area contributed by atoms with Crippen LogP contribution in [0.1, 0.15) is 22.2 Å². The van der Waals surface area contributed by atoms with Crippen LogP contribution >= 0.6 is 15.9 Å². The van der Waals surface area contributed by atoms with E-state index in [1.807, 2.05) is 6.20 Å². The number of fused-ring (bicyclic) bond motifs is 5. The van der Waals surface area contributed by atoms with Gasteiger partial charge >= 0.3 is 0 Å². The van der Waals surface area contributed by atoms with Crippen LogP contribution < -0.4 is 5.19 Å². The van der Waals surface area contributed by atoms with E-state index in [2.05, 4.69) is 114 Å². The van der Waals surface area contributed by atoms with E-state index >= 15 is 0 Å². The fourth-order valence-electron chi connectivity index (χ4n) is 6.03.